The van der Waals surface area contributed by atoms with Gasteiger partial charge in [0.25, 0.3) is 0 Å². The third-order valence-electron chi connectivity index (χ3n) is 4.73. The highest BCUT2D eigenvalue weighted by Gasteiger charge is 2.18. The maximum absolute atomic E-state index is 13.4. The second-order valence-corrected chi connectivity index (χ2v) is 6.50. The summed E-state index contributed by atoms with van der Waals surface area (Å²) in [7, 11) is 0. The molecule has 0 aliphatic heterocycles. The number of imidazole rings is 1. The van der Waals surface area contributed by atoms with Crippen LogP contribution in [0, 0.1) is 5.82 Å². The molecule has 0 spiro atoms. The number of hydrogen-bond acceptors (Lipinski definition) is 3. The third-order valence-corrected chi connectivity index (χ3v) is 4.73. The van der Waals surface area contributed by atoms with Crippen molar-refractivity contribution in [2.24, 2.45) is 0 Å². The van der Waals surface area contributed by atoms with Crippen molar-refractivity contribution in [2.45, 2.75) is 6.54 Å². The predicted molar refractivity (Wildman–Crippen MR) is 106 cm³/mol. The van der Waals surface area contributed by atoms with E-state index >= 15 is 0 Å². The molecule has 136 valence electrons. The topological polar surface area (TPSA) is 59.4 Å². The van der Waals surface area contributed by atoms with Gasteiger partial charge in [0.1, 0.15) is 11.5 Å². The first-order valence-electron chi connectivity index (χ1n) is 8.93. The molecule has 0 fully saturated rings. The van der Waals surface area contributed by atoms with E-state index in [1.807, 2.05) is 42.9 Å². The summed E-state index contributed by atoms with van der Waals surface area (Å²) < 4.78 is 15.5. The highest BCUT2D eigenvalue weighted by molar-refractivity contribution is 5.95. The Labute approximate surface area is 160 Å². The molecule has 0 bridgehead atoms. The van der Waals surface area contributed by atoms with Gasteiger partial charge >= 0.3 is 0 Å². The molecule has 0 aliphatic carbocycles. The molecule has 4 heterocycles. The Kier molecular flexibility index (Phi) is 3.94. The van der Waals surface area contributed by atoms with Crippen LogP contribution < -0.4 is 0 Å². The Bertz CT molecular complexity index is 1240. The lowest BCUT2D eigenvalue weighted by atomic mass is 10.0. The fraction of sp³-hybridized carbons (Fsp3) is 0.0455. The lowest BCUT2D eigenvalue weighted by Crippen LogP contribution is -2.03. The van der Waals surface area contributed by atoms with E-state index in [2.05, 4.69) is 24.5 Å². The fourth-order valence-electron chi connectivity index (χ4n) is 3.44. The van der Waals surface area contributed by atoms with Gasteiger partial charge in [-0.05, 0) is 48.5 Å². The summed E-state index contributed by atoms with van der Waals surface area (Å²) in [4.78, 5) is 16.6. The lowest BCUT2D eigenvalue weighted by molar-refractivity contribution is 0.628. The lowest BCUT2D eigenvalue weighted by Gasteiger charge is -2.11. The highest BCUT2D eigenvalue weighted by Crippen LogP contribution is 2.35. The van der Waals surface area contributed by atoms with Gasteiger partial charge in [0.2, 0.25) is 0 Å². The number of hydrogen-bond donors (Lipinski definition) is 1. The third kappa shape index (κ3) is 2.85. The van der Waals surface area contributed by atoms with E-state index in [0.717, 1.165) is 39.2 Å². The van der Waals surface area contributed by atoms with Gasteiger partial charge in [-0.15, -0.1) is 0 Å². The first kappa shape index (κ1) is 16.4. The van der Waals surface area contributed by atoms with E-state index in [0.29, 0.717) is 6.54 Å². The molecule has 0 atom stereocenters. The summed E-state index contributed by atoms with van der Waals surface area (Å²) >= 11 is 0. The van der Waals surface area contributed by atoms with Gasteiger partial charge in [0.05, 0.1) is 30.0 Å². The number of H-pyrrole nitrogens is 1. The number of aromatic nitrogens is 5. The number of nitrogens with one attached hydrogen (secondary N) is 1. The zero-order valence-corrected chi connectivity index (χ0v) is 14.9. The molecule has 1 N–H and O–H groups in total. The largest absolute Gasteiger partial charge is 0.346 e. The van der Waals surface area contributed by atoms with Crippen molar-refractivity contribution >= 4 is 11.0 Å². The molecule has 5 nitrogen and oxygen atoms in total. The molecular formula is C22H16FN5. The Morgan fingerprint density at radius 2 is 1.79 bits per heavy atom. The first-order chi connectivity index (χ1) is 13.8. The van der Waals surface area contributed by atoms with Crippen molar-refractivity contribution < 1.29 is 4.39 Å². The first-order valence-corrected chi connectivity index (χ1v) is 8.93. The van der Waals surface area contributed by atoms with Gasteiger partial charge in [0.15, 0.2) is 0 Å². The molecule has 1 aromatic carbocycles. The normalized spacial score (nSPS) is 11.2. The summed E-state index contributed by atoms with van der Waals surface area (Å²) in [6.07, 6.45) is 7.24. The molecule has 28 heavy (non-hydrogen) atoms. The van der Waals surface area contributed by atoms with E-state index in [-0.39, 0.29) is 5.82 Å². The van der Waals surface area contributed by atoms with Gasteiger partial charge in [-0.3, -0.25) is 4.98 Å². The van der Waals surface area contributed by atoms with Gasteiger partial charge in [0, 0.05) is 35.1 Å². The Morgan fingerprint density at radius 1 is 0.893 bits per heavy atom. The SMILES string of the molecule is Fc1ccc(-c2ncn(Cc3ccccn3)c2-c2ccnc3[nH]ccc23)cc1. The maximum Gasteiger partial charge on any atom is 0.137 e. The number of rotatable bonds is 4. The number of fused-ring (bicyclic) bond motifs is 1. The molecule has 6 heteroatoms. The van der Waals surface area contributed by atoms with Crippen LogP contribution in [-0.2, 0) is 6.54 Å². The Hall–Kier alpha value is -3.80. The van der Waals surface area contributed by atoms with Crippen LogP contribution in [0.5, 0.6) is 0 Å². The zero-order chi connectivity index (χ0) is 18.9. The average Bonchev–Trinajstić information content (AvgIpc) is 3.36. The fourth-order valence-corrected chi connectivity index (χ4v) is 3.44. The van der Waals surface area contributed by atoms with E-state index in [1.54, 1.807) is 24.5 Å². The minimum atomic E-state index is -0.268. The number of pyridine rings is 2. The summed E-state index contributed by atoms with van der Waals surface area (Å²) in [5.74, 6) is -0.268. The molecule has 0 aliphatic rings. The molecule has 5 rings (SSSR count). The molecule has 4 aromatic heterocycles. The van der Waals surface area contributed by atoms with E-state index < -0.39 is 0 Å². The smallest absolute Gasteiger partial charge is 0.137 e. The van der Waals surface area contributed by atoms with Gasteiger partial charge in [-0.2, -0.15) is 0 Å². The predicted octanol–water partition coefficient (Wildman–Crippen LogP) is 4.68. The number of halogens is 1. The van der Waals surface area contributed by atoms with Crippen LogP contribution in [0.2, 0.25) is 0 Å². The molecule has 0 saturated carbocycles. The van der Waals surface area contributed by atoms with Crippen LogP contribution >= 0.6 is 0 Å². The molecule has 0 amide bonds. The summed E-state index contributed by atoms with van der Waals surface area (Å²) in [6.45, 7) is 0.582. The molecule has 0 unspecified atom stereocenters. The zero-order valence-electron chi connectivity index (χ0n) is 14.9. The van der Waals surface area contributed by atoms with Gasteiger partial charge in [-0.25, -0.2) is 14.4 Å². The minimum absolute atomic E-state index is 0.268. The number of nitrogens with zero attached hydrogens (tertiary/aromatic N) is 4. The van der Waals surface area contributed by atoms with Crippen molar-refractivity contribution in [3.05, 3.63) is 91.0 Å². The Morgan fingerprint density at radius 3 is 2.61 bits per heavy atom. The quantitative estimate of drug-likeness (QED) is 0.501. The summed E-state index contributed by atoms with van der Waals surface area (Å²) in [5.41, 5.74) is 5.36. The van der Waals surface area contributed by atoms with Gasteiger partial charge < -0.3 is 9.55 Å². The highest BCUT2D eigenvalue weighted by atomic mass is 19.1. The molecular weight excluding hydrogens is 353 g/mol. The molecule has 0 radical (unpaired) electrons. The Balaban J connectivity index is 1.72. The second kappa shape index (κ2) is 6.74. The van der Waals surface area contributed by atoms with Crippen LogP contribution in [0.4, 0.5) is 4.39 Å². The summed E-state index contributed by atoms with van der Waals surface area (Å²) in [5, 5.41) is 1.01. The number of benzene rings is 1. The van der Waals surface area contributed by atoms with E-state index in [9.17, 15) is 4.39 Å². The van der Waals surface area contributed by atoms with E-state index in [4.69, 9.17) is 0 Å². The summed E-state index contributed by atoms with van der Waals surface area (Å²) in [6, 6.07) is 16.2. The van der Waals surface area contributed by atoms with Crippen LogP contribution in [0.15, 0.2) is 79.5 Å². The van der Waals surface area contributed by atoms with Gasteiger partial charge in [-0.1, -0.05) is 6.07 Å². The van der Waals surface area contributed by atoms with Crippen molar-refractivity contribution in [3.8, 4) is 22.5 Å². The monoisotopic (exact) mass is 369 g/mol. The number of aromatic amines is 1. The van der Waals surface area contributed by atoms with Crippen molar-refractivity contribution in [1.82, 2.24) is 24.5 Å². The van der Waals surface area contributed by atoms with Crippen LogP contribution in [0.25, 0.3) is 33.5 Å². The van der Waals surface area contributed by atoms with Crippen LogP contribution in [0.3, 0.4) is 0 Å². The molecule has 0 saturated heterocycles. The van der Waals surface area contributed by atoms with Crippen molar-refractivity contribution in [3.63, 3.8) is 0 Å². The average molecular weight is 369 g/mol. The maximum atomic E-state index is 13.4. The minimum Gasteiger partial charge on any atom is -0.346 e. The van der Waals surface area contributed by atoms with Crippen molar-refractivity contribution in [2.75, 3.05) is 0 Å². The standard InChI is InChI=1S/C22H16FN5/c23-16-6-4-15(5-7-16)20-21(18-8-11-25-22-19(18)9-12-26-22)28(14-27-20)13-17-3-1-2-10-24-17/h1-12,14H,13H2,(H,25,26). The second-order valence-electron chi connectivity index (χ2n) is 6.50. The van der Waals surface area contributed by atoms with Crippen LogP contribution in [0.1, 0.15) is 5.69 Å². The van der Waals surface area contributed by atoms with Crippen LogP contribution in [-0.4, -0.2) is 24.5 Å². The molecule has 5 aromatic rings. The van der Waals surface area contributed by atoms with Crippen molar-refractivity contribution in [1.29, 1.82) is 0 Å². The van der Waals surface area contributed by atoms with E-state index in [1.165, 1.54) is 12.1 Å².